The molecule has 1 fully saturated rings. The van der Waals surface area contributed by atoms with Crippen molar-refractivity contribution in [3.8, 4) is 5.75 Å². The third kappa shape index (κ3) is 4.41. The van der Waals surface area contributed by atoms with Crippen LogP contribution < -0.4 is 4.74 Å². The molecule has 4 rings (SSSR count). The molecule has 1 aliphatic rings. The number of benzene rings is 2. The molecule has 1 N–H and O–H groups in total. The number of carbonyl (C=O) groups is 1. The topological polar surface area (TPSA) is 54.6 Å². The Morgan fingerprint density at radius 2 is 1.97 bits per heavy atom. The van der Waals surface area contributed by atoms with E-state index in [1.165, 1.54) is 0 Å². The standard InChI is InChI=1S/C23H25ClN2O3/c1-2-29-18-6-3-16(4-7-18)19(14-23(27)26-9-11-28-12-10-26)21-15-25-22-8-5-17(24)13-20(21)22/h3-8,13,15,19,25H,2,9-12,14H2,1H3/t19-/m1/s1. The SMILES string of the molecule is CCOc1ccc([C@@H](CC(=O)N2CCOCC2)c2c[nH]c3ccc(Cl)cc23)cc1. The van der Waals surface area contributed by atoms with Crippen molar-refractivity contribution >= 4 is 28.4 Å². The highest BCUT2D eigenvalue weighted by molar-refractivity contribution is 6.31. The maximum absolute atomic E-state index is 13.1. The van der Waals surface area contributed by atoms with E-state index in [-0.39, 0.29) is 11.8 Å². The van der Waals surface area contributed by atoms with Gasteiger partial charge in [0.05, 0.1) is 19.8 Å². The van der Waals surface area contributed by atoms with Crippen LogP contribution in [0.15, 0.2) is 48.7 Å². The van der Waals surface area contributed by atoms with Crippen LogP contribution >= 0.6 is 11.6 Å². The molecular formula is C23H25ClN2O3. The number of hydrogen-bond donors (Lipinski definition) is 1. The van der Waals surface area contributed by atoms with Gasteiger partial charge >= 0.3 is 0 Å². The van der Waals surface area contributed by atoms with Crippen molar-refractivity contribution in [1.29, 1.82) is 0 Å². The molecule has 0 unspecified atom stereocenters. The van der Waals surface area contributed by atoms with Crippen LogP contribution in [0.1, 0.15) is 30.4 Å². The second kappa shape index (κ2) is 8.89. The number of rotatable bonds is 6. The predicted molar refractivity (Wildman–Crippen MR) is 115 cm³/mol. The van der Waals surface area contributed by atoms with Crippen LogP contribution in [0.4, 0.5) is 0 Å². The number of halogens is 1. The summed E-state index contributed by atoms with van der Waals surface area (Å²) in [4.78, 5) is 18.3. The highest BCUT2D eigenvalue weighted by atomic mass is 35.5. The first-order valence-corrected chi connectivity index (χ1v) is 10.4. The maximum atomic E-state index is 13.1. The Kier molecular flexibility index (Phi) is 6.07. The molecular weight excluding hydrogens is 388 g/mol. The zero-order valence-electron chi connectivity index (χ0n) is 16.5. The summed E-state index contributed by atoms with van der Waals surface area (Å²) in [6.45, 7) is 5.08. The molecule has 0 spiro atoms. The van der Waals surface area contributed by atoms with E-state index in [0.717, 1.165) is 27.8 Å². The minimum atomic E-state index is -0.0757. The summed E-state index contributed by atoms with van der Waals surface area (Å²) in [6.07, 6.45) is 2.39. The van der Waals surface area contributed by atoms with Crippen LogP contribution in [-0.4, -0.2) is 48.7 Å². The monoisotopic (exact) mass is 412 g/mol. The first-order valence-electron chi connectivity index (χ1n) is 10.0. The molecule has 0 bridgehead atoms. The van der Waals surface area contributed by atoms with Crippen molar-refractivity contribution in [2.24, 2.45) is 0 Å². The van der Waals surface area contributed by atoms with Gasteiger partial charge in [-0.05, 0) is 48.4 Å². The molecule has 1 saturated heterocycles. The lowest BCUT2D eigenvalue weighted by Crippen LogP contribution is -2.41. The molecule has 2 heterocycles. The van der Waals surface area contributed by atoms with Crippen molar-refractivity contribution in [2.75, 3.05) is 32.9 Å². The number of nitrogens with one attached hydrogen (secondary N) is 1. The molecule has 1 aliphatic heterocycles. The lowest BCUT2D eigenvalue weighted by molar-refractivity contribution is -0.135. The Morgan fingerprint density at radius 3 is 2.69 bits per heavy atom. The van der Waals surface area contributed by atoms with Crippen LogP contribution in [0.2, 0.25) is 5.02 Å². The van der Waals surface area contributed by atoms with E-state index in [1.807, 2.05) is 60.5 Å². The van der Waals surface area contributed by atoms with Gasteiger partial charge in [-0.1, -0.05) is 23.7 Å². The average molecular weight is 413 g/mol. The highest BCUT2D eigenvalue weighted by Gasteiger charge is 2.25. The van der Waals surface area contributed by atoms with Crippen LogP contribution in [0, 0.1) is 0 Å². The first-order chi connectivity index (χ1) is 14.2. The second-order valence-electron chi connectivity index (χ2n) is 7.19. The Bertz CT molecular complexity index is 977. The lowest BCUT2D eigenvalue weighted by atomic mass is 9.87. The van der Waals surface area contributed by atoms with E-state index in [0.29, 0.717) is 44.4 Å². The summed E-state index contributed by atoms with van der Waals surface area (Å²) in [5, 5.41) is 1.73. The average Bonchev–Trinajstić information content (AvgIpc) is 3.16. The van der Waals surface area contributed by atoms with E-state index >= 15 is 0 Å². The van der Waals surface area contributed by atoms with Crippen molar-refractivity contribution in [1.82, 2.24) is 9.88 Å². The third-order valence-electron chi connectivity index (χ3n) is 5.39. The van der Waals surface area contributed by atoms with Crippen LogP contribution in [0.25, 0.3) is 10.9 Å². The van der Waals surface area contributed by atoms with Gasteiger partial charge in [-0.15, -0.1) is 0 Å². The molecule has 6 heteroatoms. The van der Waals surface area contributed by atoms with Gasteiger partial charge in [0.1, 0.15) is 5.75 Å². The smallest absolute Gasteiger partial charge is 0.223 e. The predicted octanol–water partition coefficient (Wildman–Crippen LogP) is 4.60. The van der Waals surface area contributed by atoms with Gasteiger partial charge in [0.15, 0.2) is 0 Å². The summed E-state index contributed by atoms with van der Waals surface area (Å²) in [5.41, 5.74) is 3.17. The van der Waals surface area contributed by atoms with E-state index in [9.17, 15) is 4.79 Å². The number of carbonyl (C=O) groups excluding carboxylic acids is 1. The molecule has 5 nitrogen and oxygen atoms in total. The van der Waals surface area contributed by atoms with Gasteiger partial charge in [0.25, 0.3) is 0 Å². The van der Waals surface area contributed by atoms with Gasteiger partial charge in [-0.2, -0.15) is 0 Å². The minimum absolute atomic E-state index is 0.0757. The summed E-state index contributed by atoms with van der Waals surface area (Å²) in [6, 6.07) is 13.8. The number of amides is 1. The molecule has 1 amide bonds. The fourth-order valence-electron chi connectivity index (χ4n) is 3.89. The van der Waals surface area contributed by atoms with E-state index in [2.05, 4.69) is 4.98 Å². The number of morpholine rings is 1. The van der Waals surface area contributed by atoms with Crippen molar-refractivity contribution in [3.63, 3.8) is 0 Å². The lowest BCUT2D eigenvalue weighted by Gasteiger charge is -2.28. The molecule has 1 atom stereocenters. The zero-order valence-corrected chi connectivity index (χ0v) is 17.2. The summed E-state index contributed by atoms with van der Waals surface area (Å²) < 4.78 is 11.0. The number of ether oxygens (including phenoxy) is 2. The molecule has 29 heavy (non-hydrogen) atoms. The van der Waals surface area contributed by atoms with Crippen molar-refractivity contribution < 1.29 is 14.3 Å². The number of fused-ring (bicyclic) bond motifs is 1. The Balaban J connectivity index is 1.69. The summed E-state index contributed by atoms with van der Waals surface area (Å²) in [5.74, 6) is 0.897. The molecule has 3 aromatic rings. The Morgan fingerprint density at radius 1 is 1.21 bits per heavy atom. The van der Waals surface area contributed by atoms with Gasteiger partial charge in [-0.25, -0.2) is 0 Å². The normalized spacial score (nSPS) is 15.4. The van der Waals surface area contributed by atoms with Crippen molar-refractivity contribution in [3.05, 3.63) is 64.8 Å². The van der Waals surface area contributed by atoms with E-state index in [1.54, 1.807) is 0 Å². The molecule has 0 aliphatic carbocycles. The Labute approximate surface area is 175 Å². The van der Waals surface area contributed by atoms with E-state index < -0.39 is 0 Å². The van der Waals surface area contributed by atoms with Gasteiger partial charge < -0.3 is 19.4 Å². The molecule has 152 valence electrons. The van der Waals surface area contributed by atoms with Crippen molar-refractivity contribution in [2.45, 2.75) is 19.3 Å². The van der Waals surface area contributed by atoms with Crippen LogP contribution in [-0.2, 0) is 9.53 Å². The third-order valence-corrected chi connectivity index (χ3v) is 5.62. The molecule has 2 aromatic carbocycles. The number of H-pyrrole nitrogens is 1. The minimum Gasteiger partial charge on any atom is -0.494 e. The maximum Gasteiger partial charge on any atom is 0.223 e. The highest BCUT2D eigenvalue weighted by Crippen LogP contribution is 2.35. The molecule has 1 aromatic heterocycles. The summed E-state index contributed by atoms with van der Waals surface area (Å²) >= 11 is 6.26. The van der Waals surface area contributed by atoms with Crippen LogP contribution in [0.5, 0.6) is 5.75 Å². The number of nitrogens with zero attached hydrogens (tertiary/aromatic N) is 1. The second-order valence-corrected chi connectivity index (χ2v) is 7.62. The van der Waals surface area contributed by atoms with E-state index in [4.69, 9.17) is 21.1 Å². The fourth-order valence-corrected chi connectivity index (χ4v) is 4.06. The van der Waals surface area contributed by atoms with Gasteiger partial charge in [-0.3, -0.25) is 4.79 Å². The van der Waals surface area contributed by atoms with Gasteiger partial charge in [0.2, 0.25) is 5.91 Å². The number of aromatic amines is 1. The first kappa shape index (κ1) is 19.8. The molecule has 0 radical (unpaired) electrons. The number of hydrogen-bond acceptors (Lipinski definition) is 3. The van der Waals surface area contributed by atoms with Gasteiger partial charge in [0, 0.05) is 47.6 Å². The largest absolute Gasteiger partial charge is 0.494 e. The Hall–Kier alpha value is -2.50. The zero-order chi connectivity index (χ0) is 20.2. The summed E-state index contributed by atoms with van der Waals surface area (Å²) in [7, 11) is 0. The number of aromatic nitrogens is 1. The molecule has 0 saturated carbocycles. The van der Waals surface area contributed by atoms with Crippen LogP contribution in [0.3, 0.4) is 0 Å². The fraction of sp³-hybridized carbons (Fsp3) is 0.348. The quantitative estimate of drug-likeness (QED) is 0.643.